The van der Waals surface area contributed by atoms with Crippen molar-refractivity contribution in [3.05, 3.63) is 0 Å². The number of rotatable bonds is 4. The van der Waals surface area contributed by atoms with E-state index in [1.54, 1.807) is 0 Å². The predicted molar refractivity (Wildman–Crippen MR) is 58.1 cm³/mol. The Kier molecular flexibility index (Phi) is 3.28. The standard InChI is InChI=1S/C12H20N2O/c13-6-5-12(3-4-12)10-14-7-1-11(9-15)2-8-14/h11,15H,1-5,7-10H2. The molecule has 0 unspecified atom stereocenters. The Morgan fingerprint density at radius 2 is 2.00 bits per heavy atom. The highest BCUT2D eigenvalue weighted by Crippen LogP contribution is 2.49. The molecule has 1 heterocycles. The highest BCUT2D eigenvalue weighted by atomic mass is 16.3. The number of aliphatic hydroxyl groups is 1. The van der Waals surface area contributed by atoms with Gasteiger partial charge in [0.15, 0.2) is 0 Å². The number of nitrogens with zero attached hydrogens (tertiary/aromatic N) is 2. The van der Waals surface area contributed by atoms with E-state index in [4.69, 9.17) is 10.4 Å². The summed E-state index contributed by atoms with van der Waals surface area (Å²) in [5, 5.41) is 17.8. The largest absolute Gasteiger partial charge is 0.396 e. The lowest BCUT2D eigenvalue weighted by molar-refractivity contribution is 0.116. The monoisotopic (exact) mass is 208 g/mol. The fourth-order valence-electron chi connectivity index (χ4n) is 2.54. The number of likely N-dealkylation sites (tertiary alicyclic amines) is 1. The first-order valence-corrected chi connectivity index (χ1v) is 5.98. The van der Waals surface area contributed by atoms with Crippen LogP contribution in [0.2, 0.25) is 0 Å². The van der Waals surface area contributed by atoms with Gasteiger partial charge in [0.25, 0.3) is 0 Å². The molecule has 84 valence electrons. The summed E-state index contributed by atoms with van der Waals surface area (Å²) in [6, 6.07) is 2.31. The zero-order valence-corrected chi connectivity index (χ0v) is 9.28. The molecule has 0 radical (unpaired) electrons. The van der Waals surface area contributed by atoms with Crippen LogP contribution in [-0.2, 0) is 0 Å². The Labute approximate surface area is 91.7 Å². The van der Waals surface area contributed by atoms with Crippen LogP contribution in [-0.4, -0.2) is 36.2 Å². The van der Waals surface area contributed by atoms with E-state index < -0.39 is 0 Å². The summed E-state index contributed by atoms with van der Waals surface area (Å²) in [7, 11) is 0. The molecule has 1 aliphatic heterocycles. The molecule has 0 spiro atoms. The van der Waals surface area contributed by atoms with Gasteiger partial charge >= 0.3 is 0 Å². The lowest BCUT2D eigenvalue weighted by atomic mass is 9.95. The Morgan fingerprint density at radius 1 is 1.33 bits per heavy atom. The molecule has 3 nitrogen and oxygen atoms in total. The number of hydrogen-bond acceptors (Lipinski definition) is 3. The lowest BCUT2D eigenvalue weighted by Gasteiger charge is -2.33. The van der Waals surface area contributed by atoms with Gasteiger partial charge in [-0.3, -0.25) is 0 Å². The maximum atomic E-state index is 9.04. The van der Waals surface area contributed by atoms with Crippen molar-refractivity contribution >= 4 is 0 Å². The molecule has 0 amide bonds. The molecule has 0 atom stereocenters. The number of aliphatic hydroxyl groups excluding tert-OH is 1. The van der Waals surface area contributed by atoms with Gasteiger partial charge < -0.3 is 10.0 Å². The molecule has 0 bridgehead atoms. The first kappa shape index (κ1) is 10.9. The van der Waals surface area contributed by atoms with Gasteiger partial charge in [-0.15, -0.1) is 0 Å². The molecule has 2 rings (SSSR count). The molecule has 2 aliphatic rings. The summed E-state index contributed by atoms with van der Waals surface area (Å²) in [4.78, 5) is 2.48. The smallest absolute Gasteiger partial charge is 0.0628 e. The average Bonchev–Trinajstić information content (AvgIpc) is 3.00. The third kappa shape index (κ3) is 2.70. The molecule has 1 N–H and O–H groups in total. The minimum Gasteiger partial charge on any atom is -0.396 e. The zero-order valence-electron chi connectivity index (χ0n) is 9.28. The number of hydrogen-bond donors (Lipinski definition) is 1. The van der Waals surface area contributed by atoms with E-state index in [9.17, 15) is 0 Å². The summed E-state index contributed by atoms with van der Waals surface area (Å²) >= 11 is 0. The van der Waals surface area contributed by atoms with Crippen molar-refractivity contribution in [1.29, 1.82) is 5.26 Å². The van der Waals surface area contributed by atoms with Crippen LogP contribution in [0, 0.1) is 22.7 Å². The number of nitriles is 1. The van der Waals surface area contributed by atoms with E-state index in [1.165, 1.54) is 12.8 Å². The predicted octanol–water partition coefficient (Wildman–Crippen LogP) is 1.38. The van der Waals surface area contributed by atoms with Crippen LogP contribution in [0.3, 0.4) is 0 Å². The van der Waals surface area contributed by atoms with Crippen LogP contribution in [0.15, 0.2) is 0 Å². The second-order valence-electron chi connectivity index (χ2n) is 5.24. The Hall–Kier alpha value is -0.590. The normalized spacial score (nSPS) is 26.1. The molecular weight excluding hydrogens is 188 g/mol. The van der Waals surface area contributed by atoms with Crippen LogP contribution in [0.1, 0.15) is 32.1 Å². The molecule has 1 aliphatic carbocycles. The summed E-state index contributed by atoms with van der Waals surface area (Å²) < 4.78 is 0. The molecular formula is C12H20N2O. The summed E-state index contributed by atoms with van der Waals surface area (Å²) in [5.41, 5.74) is 0.348. The molecule has 3 heteroatoms. The summed E-state index contributed by atoms with van der Waals surface area (Å²) in [6.45, 7) is 3.67. The Bertz CT molecular complexity index is 247. The van der Waals surface area contributed by atoms with Gasteiger partial charge in [0.2, 0.25) is 0 Å². The topological polar surface area (TPSA) is 47.3 Å². The van der Waals surface area contributed by atoms with E-state index in [-0.39, 0.29) is 0 Å². The van der Waals surface area contributed by atoms with Crippen LogP contribution >= 0.6 is 0 Å². The molecule has 1 saturated heterocycles. The minimum absolute atomic E-state index is 0.344. The van der Waals surface area contributed by atoms with Crippen molar-refractivity contribution in [2.45, 2.75) is 32.1 Å². The van der Waals surface area contributed by atoms with Crippen LogP contribution in [0.25, 0.3) is 0 Å². The van der Waals surface area contributed by atoms with Gasteiger partial charge in [0.05, 0.1) is 6.07 Å². The first-order chi connectivity index (χ1) is 7.28. The molecule has 0 aromatic carbocycles. The van der Waals surface area contributed by atoms with Gasteiger partial charge in [0.1, 0.15) is 0 Å². The van der Waals surface area contributed by atoms with Crippen molar-refractivity contribution in [2.24, 2.45) is 11.3 Å². The van der Waals surface area contributed by atoms with E-state index in [0.29, 0.717) is 17.9 Å². The van der Waals surface area contributed by atoms with Crippen LogP contribution < -0.4 is 0 Å². The molecule has 2 fully saturated rings. The molecule has 0 aromatic rings. The van der Waals surface area contributed by atoms with E-state index in [2.05, 4.69) is 11.0 Å². The molecule has 15 heavy (non-hydrogen) atoms. The van der Waals surface area contributed by atoms with E-state index in [0.717, 1.165) is 38.9 Å². The van der Waals surface area contributed by atoms with Gasteiger partial charge in [-0.1, -0.05) is 0 Å². The Balaban J connectivity index is 1.75. The van der Waals surface area contributed by atoms with Crippen molar-refractivity contribution in [3.8, 4) is 6.07 Å². The summed E-state index contributed by atoms with van der Waals surface area (Å²) in [5.74, 6) is 0.521. The van der Waals surface area contributed by atoms with Gasteiger partial charge in [0, 0.05) is 19.6 Å². The van der Waals surface area contributed by atoms with Crippen LogP contribution in [0.4, 0.5) is 0 Å². The van der Waals surface area contributed by atoms with E-state index >= 15 is 0 Å². The second kappa shape index (κ2) is 4.51. The quantitative estimate of drug-likeness (QED) is 0.759. The average molecular weight is 208 g/mol. The van der Waals surface area contributed by atoms with Crippen LogP contribution in [0.5, 0.6) is 0 Å². The molecule has 1 saturated carbocycles. The second-order valence-corrected chi connectivity index (χ2v) is 5.24. The Morgan fingerprint density at radius 3 is 2.47 bits per heavy atom. The van der Waals surface area contributed by atoms with Crippen molar-refractivity contribution < 1.29 is 5.11 Å². The first-order valence-electron chi connectivity index (χ1n) is 5.98. The molecule has 0 aromatic heterocycles. The maximum absolute atomic E-state index is 9.04. The minimum atomic E-state index is 0.344. The maximum Gasteiger partial charge on any atom is 0.0628 e. The third-order valence-corrected chi connectivity index (χ3v) is 3.94. The van der Waals surface area contributed by atoms with Crippen molar-refractivity contribution in [1.82, 2.24) is 4.90 Å². The van der Waals surface area contributed by atoms with Crippen molar-refractivity contribution in [2.75, 3.05) is 26.2 Å². The number of piperidine rings is 1. The highest BCUT2D eigenvalue weighted by molar-refractivity contribution is 5.01. The zero-order chi connectivity index (χ0) is 10.7. The fraction of sp³-hybridized carbons (Fsp3) is 0.917. The van der Waals surface area contributed by atoms with Gasteiger partial charge in [-0.05, 0) is 50.1 Å². The van der Waals surface area contributed by atoms with Crippen molar-refractivity contribution in [3.63, 3.8) is 0 Å². The highest BCUT2D eigenvalue weighted by Gasteiger charge is 2.43. The summed E-state index contributed by atoms with van der Waals surface area (Å²) in [6.07, 6.45) is 5.45. The lowest BCUT2D eigenvalue weighted by Crippen LogP contribution is -2.38. The van der Waals surface area contributed by atoms with Gasteiger partial charge in [-0.25, -0.2) is 0 Å². The van der Waals surface area contributed by atoms with Gasteiger partial charge in [-0.2, -0.15) is 5.26 Å². The van der Waals surface area contributed by atoms with E-state index in [1.807, 2.05) is 0 Å². The third-order valence-electron chi connectivity index (χ3n) is 3.94. The fourth-order valence-corrected chi connectivity index (χ4v) is 2.54. The SMILES string of the molecule is N#CCC1(CN2CCC(CO)CC2)CC1.